The number of morpholine rings is 1. The van der Waals surface area contributed by atoms with Crippen LogP contribution in [0.2, 0.25) is 0 Å². The molecular weight excluding hydrogens is 214 g/mol. The van der Waals surface area contributed by atoms with Gasteiger partial charge in [-0.2, -0.15) is 0 Å². The average Bonchev–Trinajstić information content (AvgIpc) is 2.90. The molecule has 2 saturated heterocycles. The summed E-state index contributed by atoms with van der Waals surface area (Å²) in [6.45, 7) is 6.11. The minimum absolute atomic E-state index is 0.852. The topological polar surface area (TPSA) is 31.5 Å². The molecule has 0 saturated carbocycles. The van der Waals surface area contributed by atoms with Gasteiger partial charge < -0.3 is 19.5 Å². The number of anilines is 2. The number of nitrogens with one attached hydrogen (secondary N) is 1. The summed E-state index contributed by atoms with van der Waals surface area (Å²) in [5.74, 6) is 1.31. The van der Waals surface area contributed by atoms with Crippen molar-refractivity contribution in [2.45, 2.75) is 19.3 Å². The smallest absolute Gasteiger partial charge is 0.129 e. The van der Waals surface area contributed by atoms with Crippen molar-refractivity contribution in [1.29, 1.82) is 0 Å². The Hall–Kier alpha value is -1.16. The van der Waals surface area contributed by atoms with E-state index in [-0.39, 0.29) is 0 Å². The zero-order chi connectivity index (χ0) is 11.5. The fourth-order valence-corrected chi connectivity index (χ4v) is 2.78. The van der Waals surface area contributed by atoms with Crippen molar-refractivity contribution in [2.24, 2.45) is 0 Å². The number of rotatable bonds is 2. The van der Waals surface area contributed by atoms with E-state index in [4.69, 9.17) is 4.74 Å². The summed E-state index contributed by atoms with van der Waals surface area (Å²) in [6.07, 6.45) is 6.09. The van der Waals surface area contributed by atoms with Gasteiger partial charge in [-0.15, -0.1) is 0 Å². The monoisotopic (exact) mass is 235 g/mol. The van der Waals surface area contributed by atoms with Gasteiger partial charge in [-0.05, 0) is 25.3 Å². The molecule has 0 amide bonds. The molecule has 4 nitrogen and oxygen atoms in total. The molecule has 4 heteroatoms. The number of hydrogen-bond acceptors (Lipinski definition) is 3. The lowest BCUT2D eigenvalue weighted by atomic mass is 10.1. The fourth-order valence-electron chi connectivity index (χ4n) is 2.78. The van der Waals surface area contributed by atoms with E-state index in [2.05, 4.69) is 27.0 Å². The summed E-state index contributed by atoms with van der Waals surface area (Å²) in [7, 11) is 0. The molecule has 0 aliphatic carbocycles. The molecule has 1 aromatic rings. The third kappa shape index (κ3) is 2.27. The Labute approximate surface area is 103 Å². The molecule has 0 bridgehead atoms. The summed E-state index contributed by atoms with van der Waals surface area (Å²) >= 11 is 0. The first-order valence-electron chi connectivity index (χ1n) is 6.70. The molecule has 0 unspecified atom stereocenters. The van der Waals surface area contributed by atoms with Crippen LogP contribution < -0.4 is 9.80 Å². The van der Waals surface area contributed by atoms with E-state index >= 15 is 0 Å². The second kappa shape index (κ2) is 5.00. The standard InChI is InChI=1S/C13H21N3O/c1-2-6-16(7-3-1)13-12(4-5-14-13)15-8-10-17-11-9-15/h4-5,14H,1-3,6-11H2. The molecule has 0 spiro atoms. The van der Waals surface area contributed by atoms with E-state index in [1.807, 2.05) is 0 Å². The summed E-state index contributed by atoms with van der Waals surface area (Å²) in [4.78, 5) is 8.35. The maximum atomic E-state index is 5.42. The minimum atomic E-state index is 0.852. The van der Waals surface area contributed by atoms with Crippen LogP contribution in [-0.4, -0.2) is 44.4 Å². The molecule has 3 heterocycles. The van der Waals surface area contributed by atoms with Crippen molar-refractivity contribution in [3.05, 3.63) is 12.3 Å². The van der Waals surface area contributed by atoms with Gasteiger partial charge in [-0.1, -0.05) is 0 Å². The van der Waals surface area contributed by atoms with Crippen molar-refractivity contribution in [2.75, 3.05) is 49.2 Å². The van der Waals surface area contributed by atoms with E-state index in [1.54, 1.807) is 0 Å². The number of nitrogens with zero attached hydrogens (tertiary/aromatic N) is 2. The van der Waals surface area contributed by atoms with E-state index in [0.29, 0.717) is 0 Å². The lowest BCUT2D eigenvalue weighted by Crippen LogP contribution is -2.38. The highest BCUT2D eigenvalue weighted by Crippen LogP contribution is 2.30. The maximum Gasteiger partial charge on any atom is 0.129 e. The van der Waals surface area contributed by atoms with Crippen LogP contribution in [0.1, 0.15) is 19.3 Å². The Morgan fingerprint density at radius 3 is 2.47 bits per heavy atom. The van der Waals surface area contributed by atoms with Crippen LogP contribution in [0.5, 0.6) is 0 Å². The molecule has 1 aromatic heterocycles. The van der Waals surface area contributed by atoms with Crippen molar-refractivity contribution in [3.8, 4) is 0 Å². The number of H-pyrrole nitrogens is 1. The second-order valence-corrected chi connectivity index (χ2v) is 4.86. The van der Waals surface area contributed by atoms with Crippen LogP contribution in [0, 0.1) is 0 Å². The summed E-state index contributed by atoms with van der Waals surface area (Å²) in [6, 6.07) is 2.20. The van der Waals surface area contributed by atoms with Crippen LogP contribution in [0.3, 0.4) is 0 Å². The van der Waals surface area contributed by atoms with Gasteiger partial charge in [0.1, 0.15) is 5.82 Å². The molecular formula is C13H21N3O. The van der Waals surface area contributed by atoms with Gasteiger partial charge in [0.15, 0.2) is 0 Å². The van der Waals surface area contributed by atoms with Crippen LogP contribution in [0.4, 0.5) is 11.5 Å². The zero-order valence-electron chi connectivity index (χ0n) is 10.3. The first-order chi connectivity index (χ1) is 8.45. The predicted octanol–water partition coefficient (Wildman–Crippen LogP) is 1.84. The molecule has 3 rings (SSSR count). The Kier molecular flexibility index (Phi) is 3.22. The van der Waals surface area contributed by atoms with Gasteiger partial charge >= 0.3 is 0 Å². The van der Waals surface area contributed by atoms with Gasteiger partial charge in [-0.25, -0.2) is 0 Å². The van der Waals surface area contributed by atoms with Crippen LogP contribution >= 0.6 is 0 Å². The van der Waals surface area contributed by atoms with Crippen LogP contribution in [-0.2, 0) is 4.74 Å². The molecule has 94 valence electrons. The Morgan fingerprint density at radius 1 is 0.941 bits per heavy atom. The van der Waals surface area contributed by atoms with Crippen LogP contribution in [0.15, 0.2) is 12.3 Å². The molecule has 0 atom stereocenters. The normalized spacial score (nSPS) is 21.9. The third-order valence-electron chi connectivity index (χ3n) is 3.73. The van der Waals surface area contributed by atoms with E-state index in [0.717, 1.165) is 26.3 Å². The van der Waals surface area contributed by atoms with Crippen LogP contribution in [0.25, 0.3) is 0 Å². The lowest BCUT2D eigenvalue weighted by Gasteiger charge is -2.33. The molecule has 2 fully saturated rings. The zero-order valence-corrected chi connectivity index (χ0v) is 10.3. The predicted molar refractivity (Wildman–Crippen MR) is 69.9 cm³/mol. The van der Waals surface area contributed by atoms with E-state index in [9.17, 15) is 0 Å². The molecule has 0 radical (unpaired) electrons. The van der Waals surface area contributed by atoms with Gasteiger partial charge in [0.25, 0.3) is 0 Å². The van der Waals surface area contributed by atoms with E-state index in [1.165, 1.54) is 43.9 Å². The molecule has 2 aliphatic heterocycles. The third-order valence-corrected chi connectivity index (χ3v) is 3.73. The van der Waals surface area contributed by atoms with Gasteiger partial charge in [0.2, 0.25) is 0 Å². The first-order valence-corrected chi connectivity index (χ1v) is 6.70. The van der Waals surface area contributed by atoms with Crippen molar-refractivity contribution in [3.63, 3.8) is 0 Å². The number of hydrogen-bond donors (Lipinski definition) is 1. The highest BCUT2D eigenvalue weighted by Gasteiger charge is 2.20. The molecule has 0 aromatic carbocycles. The SMILES string of the molecule is c1cc(N2CCOCC2)c(N2CCCCC2)[nH]1. The van der Waals surface area contributed by atoms with Crippen molar-refractivity contribution in [1.82, 2.24) is 4.98 Å². The Balaban J connectivity index is 1.77. The van der Waals surface area contributed by atoms with Gasteiger partial charge in [0.05, 0.1) is 18.9 Å². The second-order valence-electron chi connectivity index (χ2n) is 4.86. The maximum absolute atomic E-state index is 5.42. The van der Waals surface area contributed by atoms with Crippen molar-refractivity contribution >= 4 is 11.5 Å². The Bertz CT molecular complexity index is 319. The quantitative estimate of drug-likeness (QED) is 0.848. The highest BCUT2D eigenvalue weighted by molar-refractivity contribution is 5.68. The first kappa shape index (κ1) is 11.0. The van der Waals surface area contributed by atoms with Crippen molar-refractivity contribution < 1.29 is 4.74 Å². The highest BCUT2D eigenvalue weighted by atomic mass is 16.5. The fraction of sp³-hybridized carbons (Fsp3) is 0.692. The number of piperidine rings is 1. The summed E-state index contributed by atoms with van der Waals surface area (Å²) in [5, 5.41) is 0. The number of aromatic nitrogens is 1. The molecule has 1 N–H and O–H groups in total. The number of aromatic amines is 1. The van der Waals surface area contributed by atoms with Gasteiger partial charge in [0, 0.05) is 32.4 Å². The molecule has 17 heavy (non-hydrogen) atoms. The molecule has 2 aliphatic rings. The number of ether oxygens (including phenoxy) is 1. The average molecular weight is 235 g/mol. The lowest BCUT2D eigenvalue weighted by molar-refractivity contribution is 0.123. The largest absolute Gasteiger partial charge is 0.378 e. The van der Waals surface area contributed by atoms with Gasteiger partial charge in [-0.3, -0.25) is 0 Å². The summed E-state index contributed by atoms with van der Waals surface area (Å²) < 4.78 is 5.42. The Morgan fingerprint density at radius 2 is 1.71 bits per heavy atom. The minimum Gasteiger partial charge on any atom is -0.378 e. The summed E-state index contributed by atoms with van der Waals surface area (Å²) in [5.41, 5.74) is 1.36. The van der Waals surface area contributed by atoms with E-state index < -0.39 is 0 Å².